The molecule has 268 valence electrons. The van der Waals surface area contributed by atoms with Crippen molar-refractivity contribution in [3.63, 3.8) is 0 Å². The number of imide groups is 1. The number of nitrogens with zero attached hydrogens (tertiary/aromatic N) is 4. The third-order valence-electron chi connectivity index (χ3n) is 9.83. The number of fused-ring (bicyclic) bond motifs is 2. The van der Waals surface area contributed by atoms with Crippen LogP contribution in [0.25, 0.3) is 11.1 Å². The molecule has 7 rings (SSSR count). The van der Waals surface area contributed by atoms with Gasteiger partial charge in [0.2, 0.25) is 11.8 Å². The predicted molar refractivity (Wildman–Crippen MR) is 184 cm³/mol. The van der Waals surface area contributed by atoms with E-state index in [1.54, 1.807) is 6.07 Å². The molecule has 2 atom stereocenters. The van der Waals surface area contributed by atoms with E-state index in [4.69, 9.17) is 22.0 Å². The topological polar surface area (TPSA) is 141 Å². The molecule has 3 aliphatic heterocycles. The van der Waals surface area contributed by atoms with E-state index >= 15 is 0 Å². The fourth-order valence-electron chi connectivity index (χ4n) is 7.16. The van der Waals surface area contributed by atoms with Crippen LogP contribution in [0.3, 0.4) is 0 Å². The summed E-state index contributed by atoms with van der Waals surface area (Å²) in [6.45, 7) is 6.02. The van der Waals surface area contributed by atoms with Gasteiger partial charge in [-0.05, 0) is 81.1 Å². The fraction of sp³-hybridized carbons (Fsp3) is 0.417. The van der Waals surface area contributed by atoms with Crippen molar-refractivity contribution in [3.8, 4) is 0 Å². The summed E-state index contributed by atoms with van der Waals surface area (Å²) in [4.78, 5) is 49.7. The number of halogens is 3. The molecule has 0 saturated carbocycles. The lowest BCUT2D eigenvalue weighted by atomic mass is 9.95. The number of rotatable bonds is 7. The summed E-state index contributed by atoms with van der Waals surface area (Å²) in [6.07, 6.45) is -2.32. The highest BCUT2D eigenvalue weighted by Crippen LogP contribution is 2.40. The van der Waals surface area contributed by atoms with Gasteiger partial charge in [0.05, 0.1) is 22.7 Å². The molecular weight excluding hydrogens is 685 g/mol. The Kier molecular flexibility index (Phi) is 9.19. The molecule has 0 bridgehead atoms. The Morgan fingerprint density at radius 3 is 2.55 bits per heavy atom. The second kappa shape index (κ2) is 13.3. The van der Waals surface area contributed by atoms with Gasteiger partial charge < -0.3 is 14.8 Å². The predicted octanol–water partition coefficient (Wildman–Crippen LogP) is 5.65. The van der Waals surface area contributed by atoms with Crippen LogP contribution in [-0.2, 0) is 34.5 Å². The number of benzene rings is 2. The molecule has 4 aromatic rings. The van der Waals surface area contributed by atoms with E-state index in [0.717, 1.165) is 61.3 Å². The highest BCUT2D eigenvalue weighted by atomic mass is 32.1. The van der Waals surface area contributed by atoms with E-state index in [2.05, 4.69) is 38.7 Å². The molecule has 2 fully saturated rings. The van der Waals surface area contributed by atoms with Crippen LogP contribution in [0.2, 0.25) is 0 Å². The third-order valence-corrected chi connectivity index (χ3v) is 10.4. The van der Waals surface area contributed by atoms with Gasteiger partial charge in [-0.3, -0.25) is 29.5 Å². The number of aliphatic hydroxyl groups is 1. The monoisotopic (exact) mass is 722 g/mol. The van der Waals surface area contributed by atoms with Gasteiger partial charge in [0.15, 0.2) is 11.5 Å². The van der Waals surface area contributed by atoms with Crippen molar-refractivity contribution in [1.82, 2.24) is 25.1 Å². The van der Waals surface area contributed by atoms with Crippen LogP contribution in [0, 0.1) is 0 Å². The largest absolute Gasteiger partial charge is 0.440 e. The SMILES string of the molecule is CC(C)(O)c1cc2nc(C3CCN(Cc4ccc5c(c4)CN(C4CCC(=O)NC4=O)C5S)CC3)oc2cc1NC(=O)c1cccc(C(F)(F)F)n1. The standard InChI is InChI=1S/C36H37F3N6O5S/c1-35(2,49)23-15-26-28(16-25(23)41-31(47)24-4-3-5-29(40-24)36(37,38)39)50-33(42-26)20-10-12-44(13-11-20)17-19-6-7-22-21(14-19)18-45(34(22)51)27-8-9-30(46)43-32(27)48/h3-7,14-16,20,27,34,49,51H,8-13,17-18H2,1-2H3,(H,41,47)(H,43,46,48). The number of aromatic nitrogens is 2. The lowest BCUT2D eigenvalue weighted by Gasteiger charge is -2.32. The third kappa shape index (κ3) is 7.25. The normalized spacial score (nSPS) is 20.8. The van der Waals surface area contributed by atoms with Gasteiger partial charge in [-0.15, -0.1) is 0 Å². The van der Waals surface area contributed by atoms with E-state index < -0.39 is 29.1 Å². The number of carbonyl (C=O) groups excluding carboxylic acids is 3. The van der Waals surface area contributed by atoms with Gasteiger partial charge in [-0.2, -0.15) is 25.8 Å². The molecular formula is C36H37F3N6O5S. The zero-order valence-electron chi connectivity index (χ0n) is 28.0. The quantitative estimate of drug-likeness (QED) is 0.141. The zero-order valence-corrected chi connectivity index (χ0v) is 28.9. The van der Waals surface area contributed by atoms with Gasteiger partial charge >= 0.3 is 6.18 Å². The van der Waals surface area contributed by atoms with E-state index in [9.17, 15) is 32.7 Å². The smallest absolute Gasteiger partial charge is 0.433 e. The number of likely N-dealkylation sites (tertiary alicyclic amines) is 1. The summed E-state index contributed by atoms with van der Waals surface area (Å²) in [5.74, 6) is -0.785. The van der Waals surface area contributed by atoms with E-state index in [1.807, 2.05) is 4.90 Å². The van der Waals surface area contributed by atoms with Crippen molar-refractivity contribution in [1.29, 1.82) is 0 Å². The Labute approximate surface area is 297 Å². The second-order valence-corrected chi connectivity index (χ2v) is 14.4. The van der Waals surface area contributed by atoms with Crippen molar-refractivity contribution < 1.29 is 37.1 Å². The Hall–Kier alpha value is -4.31. The number of carbonyl (C=O) groups is 3. The summed E-state index contributed by atoms with van der Waals surface area (Å²) in [5.41, 5.74) is 1.71. The maximum atomic E-state index is 13.2. The number of alkyl halides is 3. The average molecular weight is 723 g/mol. The van der Waals surface area contributed by atoms with Crippen molar-refractivity contribution >= 4 is 47.1 Å². The number of oxazole rings is 1. The summed E-state index contributed by atoms with van der Waals surface area (Å²) in [6, 6.07) is 12.2. The number of hydrogen-bond donors (Lipinski definition) is 4. The van der Waals surface area contributed by atoms with Crippen LogP contribution in [0.15, 0.2) is 52.9 Å². The molecule has 11 nitrogen and oxygen atoms in total. The fourth-order valence-corrected chi connectivity index (χ4v) is 7.66. The number of hydrogen-bond acceptors (Lipinski definition) is 10. The molecule has 3 N–H and O–H groups in total. The van der Waals surface area contributed by atoms with E-state index in [-0.39, 0.29) is 34.8 Å². The molecule has 0 radical (unpaired) electrons. The zero-order chi connectivity index (χ0) is 36.2. The molecule has 15 heteroatoms. The number of nitrogens with one attached hydrogen (secondary N) is 2. The summed E-state index contributed by atoms with van der Waals surface area (Å²) < 4.78 is 45.8. The second-order valence-electron chi connectivity index (χ2n) is 13.9. The van der Waals surface area contributed by atoms with Crippen LogP contribution in [0.5, 0.6) is 0 Å². The van der Waals surface area contributed by atoms with Crippen LogP contribution in [-0.4, -0.2) is 61.7 Å². The minimum atomic E-state index is -4.71. The van der Waals surface area contributed by atoms with Gasteiger partial charge in [-0.1, -0.05) is 24.3 Å². The summed E-state index contributed by atoms with van der Waals surface area (Å²) >= 11 is 4.80. The van der Waals surface area contributed by atoms with Gasteiger partial charge in [0.1, 0.15) is 16.9 Å². The van der Waals surface area contributed by atoms with Gasteiger partial charge in [0.25, 0.3) is 5.91 Å². The maximum Gasteiger partial charge on any atom is 0.433 e. The lowest BCUT2D eigenvalue weighted by molar-refractivity contribution is -0.141. The Morgan fingerprint density at radius 2 is 1.84 bits per heavy atom. The number of thiol groups is 1. The van der Waals surface area contributed by atoms with Crippen LogP contribution in [0.4, 0.5) is 18.9 Å². The molecule has 2 aromatic heterocycles. The minimum absolute atomic E-state index is 0.0404. The molecule has 2 aromatic carbocycles. The average Bonchev–Trinajstić information content (AvgIpc) is 3.64. The number of pyridine rings is 1. The minimum Gasteiger partial charge on any atom is -0.440 e. The first kappa shape index (κ1) is 35.1. The summed E-state index contributed by atoms with van der Waals surface area (Å²) in [7, 11) is 0. The molecule has 3 amide bonds. The van der Waals surface area contributed by atoms with Crippen LogP contribution < -0.4 is 10.6 Å². The van der Waals surface area contributed by atoms with Crippen molar-refractivity contribution in [2.75, 3.05) is 18.4 Å². The summed E-state index contributed by atoms with van der Waals surface area (Å²) in [5, 5.41) is 15.7. The maximum absolute atomic E-state index is 13.2. The van der Waals surface area contributed by atoms with Crippen molar-refractivity contribution in [2.45, 2.75) is 81.7 Å². The highest BCUT2D eigenvalue weighted by molar-refractivity contribution is 7.80. The number of piperidine rings is 2. The highest BCUT2D eigenvalue weighted by Gasteiger charge is 2.39. The van der Waals surface area contributed by atoms with Crippen molar-refractivity contribution in [3.05, 3.63) is 88.1 Å². The first-order valence-corrected chi connectivity index (χ1v) is 17.3. The number of amides is 3. The van der Waals surface area contributed by atoms with Crippen LogP contribution >= 0.6 is 12.6 Å². The molecule has 3 aliphatic rings. The van der Waals surface area contributed by atoms with Gasteiger partial charge in [-0.25, -0.2) is 9.97 Å². The van der Waals surface area contributed by atoms with Gasteiger partial charge in [0, 0.05) is 37.1 Å². The Bertz CT molecular complexity index is 2020. The van der Waals surface area contributed by atoms with Crippen molar-refractivity contribution in [2.24, 2.45) is 0 Å². The number of anilines is 1. The molecule has 2 unspecified atom stereocenters. The first-order chi connectivity index (χ1) is 24.1. The lowest BCUT2D eigenvalue weighted by Crippen LogP contribution is -2.51. The Balaban J connectivity index is 1.01. The van der Waals surface area contributed by atoms with Crippen LogP contribution in [0.1, 0.15) is 95.1 Å². The van der Waals surface area contributed by atoms with E-state index in [1.165, 1.54) is 26.0 Å². The Morgan fingerprint density at radius 1 is 1.08 bits per heavy atom. The molecule has 0 aliphatic carbocycles. The molecule has 5 heterocycles. The van der Waals surface area contributed by atoms with E-state index in [0.29, 0.717) is 41.9 Å². The molecule has 0 spiro atoms. The molecule has 51 heavy (non-hydrogen) atoms. The first-order valence-electron chi connectivity index (χ1n) is 16.8. The molecule has 2 saturated heterocycles.